The smallest absolute Gasteiger partial charge is 0.335 e. The first-order chi connectivity index (χ1) is 40.6. The molecule has 1 rings (SSSR count). The van der Waals surface area contributed by atoms with Gasteiger partial charge in [0.2, 0.25) is 0 Å². The van der Waals surface area contributed by atoms with Crippen molar-refractivity contribution in [1.82, 2.24) is 0 Å². The minimum atomic E-state index is -1.91. The molecule has 0 aromatic rings. The number of carboxylic acids is 1. The molecule has 6 atom stereocenters. The van der Waals surface area contributed by atoms with E-state index in [-0.39, 0.29) is 25.9 Å². The van der Waals surface area contributed by atoms with Crippen LogP contribution in [0.2, 0.25) is 0 Å². The van der Waals surface area contributed by atoms with E-state index in [4.69, 9.17) is 23.7 Å². The van der Waals surface area contributed by atoms with Crippen molar-refractivity contribution in [2.75, 3.05) is 13.2 Å². The molecule has 1 saturated heterocycles. The Morgan fingerprint density at radius 1 is 0.410 bits per heavy atom. The number of aliphatic hydroxyl groups is 2. The van der Waals surface area contributed by atoms with Gasteiger partial charge in [-0.15, -0.1) is 0 Å². The summed E-state index contributed by atoms with van der Waals surface area (Å²) >= 11 is 0. The highest BCUT2D eigenvalue weighted by atomic mass is 16.7. The Kier molecular flexibility index (Phi) is 54.4. The molecule has 0 aromatic heterocycles. The van der Waals surface area contributed by atoms with E-state index < -0.39 is 67.3 Å². The van der Waals surface area contributed by atoms with Crippen LogP contribution in [-0.4, -0.2) is 89.2 Å². The van der Waals surface area contributed by atoms with Gasteiger partial charge in [0, 0.05) is 19.3 Å². The molecule has 0 bridgehead atoms. The van der Waals surface area contributed by atoms with Crippen molar-refractivity contribution in [1.29, 1.82) is 0 Å². The molecule has 6 unspecified atom stereocenters. The molecule has 0 saturated carbocycles. The number of rotatable bonds is 58. The summed E-state index contributed by atoms with van der Waals surface area (Å²) in [5, 5.41) is 31.6. The van der Waals surface area contributed by atoms with Gasteiger partial charge in [0.1, 0.15) is 18.8 Å². The zero-order chi connectivity index (χ0) is 60.3. The summed E-state index contributed by atoms with van der Waals surface area (Å²) in [7, 11) is 0. The van der Waals surface area contributed by atoms with E-state index in [9.17, 15) is 34.5 Å². The SMILES string of the molecule is CC/C=C\C/C=C\C/C=C\C/C=C\C/C=C\CCCCCC(=O)OCC(COC1OC(C(=O)O)C(O)C(O)C1OC(=O)CCCCCCC/C=C\CCCCCCCC)OC(=O)CCCCCCCCCCCCCCCCCCCCC. The molecule has 478 valence electrons. The van der Waals surface area contributed by atoms with Crippen LogP contribution in [0, 0.1) is 0 Å². The number of hydrogen-bond acceptors (Lipinski definition) is 11. The Balaban J connectivity index is 2.67. The standard InChI is InChI=1S/C71H122O12/c1-4-7-10-13-16-19-22-25-28-30-32-34-37-39-42-45-48-51-54-57-63(72)79-60-62(81-64(73)58-55-52-49-46-43-41-38-35-33-31-29-26-23-20-17-14-11-8-5-2)61-80-71-69(67(76)66(75)68(83-71)70(77)78)82-65(74)59-56-53-50-47-44-40-36-27-24-21-18-15-12-9-6-3/h7,10,16,19,25,27-28,32,34,36,39,42,62,66-69,71,75-76H,4-6,8-9,11-15,17-18,20-24,26,29-31,33,35,37-38,40-41,43-61H2,1-3H3,(H,77,78)/b10-7-,19-16-,28-25-,34-32-,36-27-,42-39-. The maximum atomic E-state index is 13.2. The third-order valence-corrected chi connectivity index (χ3v) is 15.3. The van der Waals surface area contributed by atoms with Gasteiger partial charge in [-0.2, -0.15) is 0 Å². The fraction of sp³-hybridized carbons (Fsp3) is 0.775. The van der Waals surface area contributed by atoms with Crippen LogP contribution in [0.25, 0.3) is 0 Å². The zero-order valence-electron chi connectivity index (χ0n) is 52.9. The van der Waals surface area contributed by atoms with Crippen molar-refractivity contribution in [3.05, 3.63) is 72.9 Å². The number of carbonyl (C=O) groups is 4. The molecule has 1 heterocycles. The lowest BCUT2D eigenvalue weighted by molar-refractivity contribution is -0.301. The number of carbonyl (C=O) groups excluding carboxylic acids is 3. The van der Waals surface area contributed by atoms with Crippen molar-refractivity contribution in [3.8, 4) is 0 Å². The molecule has 0 aliphatic carbocycles. The van der Waals surface area contributed by atoms with Crippen LogP contribution in [0.3, 0.4) is 0 Å². The van der Waals surface area contributed by atoms with Crippen molar-refractivity contribution in [2.45, 2.75) is 340 Å². The molecule has 1 fully saturated rings. The van der Waals surface area contributed by atoms with E-state index in [2.05, 4.69) is 93.7 Å². The van der Waals surface area contributed by atoms with Gasteiger partial charge < -0.3 is 39.0 Å². The molecule has 3 N–H and O–H groups in total. The van der Waals surface area contributed by atoms with Gasteiger partial charge in [-0.3, -0.25) is 14.4 Å². The summed E-state index contributed by atoms with van der Waals surface area (Å²) in [6.07, 6.45) is 62.9. The van der Waals surface area contributed by atoms with Crippen LogP contribution in [0.1, 0.15) is 303 Å². The molecule has 1 aliphatic heterocycles. The van der Waals surface area contributed by atoms with Gasteiger partial charge in [-0.25, -0.2) is 4.79 Å². The Morgan fingerprint density at radius 2 is 0.759 bits per heavy atom. The van der Waals surface area contributed by atoms with Crippen LogP contribution in [0.5, 0.6) is 0 Å². The van der Waals surface area contributed by atoms with Gasteiger partial charge in [0.05, 0.1) is 6.61 Å². The van der Waals surface area contributed by atoms with Crippen LogP contribution < -0.4 is 0 Å². The zero-order valence-corrected chi connectivity index (χ0v) is 52.9. The number of carboxylic acid groups (broad SMARTS) is 1. The van der Waals surface area contributed by atoms with Crippen molar-refractivity contribution < 1.29 is 58.2 Å². The van der Waals surface area contributed by atoms with E-state index in [1.807, 2.05) is 0 Å². The summed E-state index contributed by atoms with van der Waals surface area (Å²) in [5.41, 5.74) is 0. The predicted octanol–water partition coefficient (Wildman–Crippen LogP) is 18.5. The van der Waals surface area contributed by atoms with Crippen molar-refractivity contribution in [2.24, 2.45) is 0 Å². The molecule has 0 radical (unpaired) electrons. The number of unbranched alkanes of at least 4 members (excludes halogenated alkanes) is 32. The highest BCUT2D eigenvalue weighted by molar-refractivity contribution is 5.74. The van der Waals surface area contributed by atoms with E-state index in [1.54, 1.807) is 0 Å². The second-order valence-corrected chi connectivity index (χ2v) is 23.1. The average Bonchev–Trinajstić information content (AvgIpc) is 3.58. The number of ether oxygens (including phenoxy) is 5. The second-order valence-electron chi connectivity index (χ2n) is 23.1. The highest BCUT2D eigenvalue weighted by Crippen LogP contribution is 2.27. The second kappa shape index (κ2) is 58.5. The summed E-state index contributed by atoms with van der Waals surface area (Å²) < 4.78 is 28.5. The Bertz CT molecular complexity index is 1720. The van der Waals surface area contributed by atoms with Gasteiger partial charge in [-0.1, -0.05) is 267 Å². The van der Waals surface area contributed by atoms with Crippen molar-refractivity contribution >= 4 is 23.9 Å². The molecule has 0 aromatic carbocycles. The van der Waals surface area contributed by atoms with Gasteiger partial charge in [-0.05, 0) is 89.9 Å². The number of allylic oxidation sites excluding steroid dienone is 12. The van der Waals surface area contributed by atoms with E-state index in [1.165, 1.54) is 135 Å². The Labute approximate surface area is 506 Å². The Hall–Kier alpha value is -3.84. The molecular formula is C71H122O12. The first-order valence-corrected chi connectivity index (χ1v) is 33.9. The summed E-state index contributed by atoms with van der Waals surface area (Å²) in [6.45, 7) is 5.89. The topological polar surface area (TPSA) is 175 Å². The number of esters is 3. The maximum absolute atomic E-state index is 13.2. The fourth-order valence-electron chi connectivity index (χ4n) is 10.1. The molecule has 83 heavy (non-hydrogen) atoms. The minimum absolute atomic E-state index is 0.0472. The monoisotopic (exact) mass is 1170 g/mol. The predicted molar refractivity (Wildman–Crippen MR) is 340 cm³/mol. The Morgan fingerprint density at radius 3 is 1.18 bits per heavy atom. The third kappa shape index (κ3) is 48.0. The highest BCUT2D eigenvalue weighted by Gasteiger charge is 2.50. The quantitative estimate of drug-likeness (QED) is 0.0228. The van der Waals surface area contributed by atoms with Gasteiger partial charge in [0.25, 0.3) is 0 Å². The summed E-state index contributed by atoms with van der Waals surface area (Å²) in [6, 6.07) is 0. The molecule has 0 spiro atoms. The van der Waals surface area contributed by atoms with E-state index in [0.29, 0.717) is 19.3 Å². The van der Waals surface area contributed by atoms with Gasteiger partial charge >= 0.3 is 23.9 Å². The summed E-state index contributed by atoms with van der Waals surface area (Å²) in [5.74, 6) is -3.15. The first kappa shape index (κ1) is 77.2. The van der Waals surface area contributed by atoms with Gasteiger partial charge in [0.15, 0.2) is 24.6 Å². The molecule has 0 amide bonds. The average molecular weight is 1170 g/mol. The van der Waals surface area contributed by atoms with E-state index in [0.717, 1.165) is 109 Å². The lowest BCUT2D eigenvalue weighted by Crippen LogP contribution is -2.61. The molecule has 12 heteroatoms. The third-order valence-electron chi connectivity index (χ3n) is 15.3. The summed E-state index contributed by atoms with van der Waals surface area (Å²) in [4.78, 5) is 51.4. The molecular weight excluding hydrogens is 1040 g/mol. The first-order valence-electron chi connectivity index (χ1n) is 33.9. The van der Waals surface area contributed by atoms with Crippen LogP contribution in [0.4, 0.5) is 0 Å². The molecule has 1 aliphatic rings. The number of hydrogen-bond donors (Lipinski definition) is 3. The van der Waals surface area contributed by atoms with Crippen molar-refractivity contribution in [3.63, 3.8) is 0 Å². The molecule has 12 nitrogen and oxygen atoms in total. The lowest BCUT2D eigenvalue weighted by Gasteiger charge is -2.40. The largest absolute Gasteiger partial charge is 0.479 e. The lowest BCUT2D eigenvalue weighted by atomic mass is 9.98. The number of aliphatic carboxylic acids is 1. The fourth-order valence-corrected chi connectivity index (χ4v) is 10.1. The maximum Gasteiger partial charge on any atom is 0.335 e. The van der Waals surface area contributed by atoms with E-state index >= 15 is 0 Å². The van der Waals surface area contributed by atoms with Crippen LogP contribution in [-0.2, 0) is 42.9 Å². The van der Waals surface area contributed by atoms with Crippen LogP contribution in [0.15, 0.2) is 72.9 Å². The normalized spacial score (nSPS) is 18.0. The van der Waals surface area contributed by atoms with Crippen LogP contribution >= 0.6 is 0 Å². The minimum Gasteiger partial charge on any atom is -0.479 e. The number of aliphatic hydroxyl groups excluding tert-OH is 2.